The largest absolute Gasteiger partial charge is 0.496 e. The number of hydrogen-bond donors (Lipinski definition) is 1. The summed E-state index contributed by atoms with van der Waals surface area (Å²) in [5.74, 6) is 0.283. The van der Waals surface area contributed by atoms with Crippen LogP contribution in [0.15, 0.2) is 60.7 Å². The van der Waals surface area contributed by atoms with Gasteiger partial charge < -0.3 is 19.5 Å². The molecule has 0 spiro atoms. The Labute approximate surface area is 185 Å². The smallest absolute Gasteiger partial charge is 0.259 e. The van der Waals surface area contributed by atoms with Crippen molar-refractivity contribution in [1.29, 1.82) is 5.26 Å². The monoisotopic (exact) mass is 436 g/mol. The number of ether oxygens (including phenoxy) is 3. The topological polar surface area (TPSA) is 80.6 Å². The molecule has 1 atom stereocenters. The van der Waals surface area contributed by atoms with E-state index in [9.17, 15) is 10.1 Å². The van der Waals surface area contributed by atoms with E-state index in [2.05, 4.69) is 11.4 Å². The first kappa shape index (κ1) is 22.0. The number of carbonyl (C=O) groups is 1. The third kappa shape index (κ3) is 4.73. The summed E-state index contributed by atoms with van der Waals surface area (Å²) in [6.45, 7) is 0. The number of nitrogens with one attached hydrogen (secondary N) is 1. The maximum Gasteiger partial charge on any atom is 0.259 e. The van der Waals surface area contributed by atoms with Crippen LogP contribution in [0.5, 0.6) is 17.2 Å². The Balaban J connectivity index is 1.88. The normalized spacial score (nSPS) is 11.2. The minimum atomic E-state index is -0.510. The van der Waals surface area contributed by atoms with Crippen LogP contribution < -0.4 is 19.5 Å². The summed E-state index contributed by atoms with van der Waals surface area (Å²) in [6, 6.07) is 19.9. The van der Waals surface area contributed by atoms with E-state index >= 15 is 0 Å². The molecule has 6 nitrogen and oxygen atoms in total. The fraction of sp³-hybridized carbons (Fsp3) is 0.167. The summed E-state index contributed by atoms with van der Waals surface area (Å²) in [6.07, 6.45) is 0. The first-order valence-electron chi connectivity index (χ1n) is 9.37. The fourth-order valence-electron chi connectivity index (χ4n) is 3.21. The molecule has 0 radical (unpaired) electrons. The van der Waals surface area contributed by atoms with E-state index in [0.29, 0.717) is 33.5 Å². The van der Waals surface area contributed by atoms with Gasteiger partial charge >= 0.3 is 0 Å². The van der Waals surface area contributed by atoms with Crippen molar-refractivity contribution in [2.75, 3.05) is 26.6 Å². The van der Waals surface area contributed by atoms with Crippen molar-refractivity contribution >= 4 is 23.2 Å². The SMILES string of the molecule is COc1cc(OC)c(C(=O)Nc2ccc(C(C#N)c3ccccc3)c(Cl)c2)cc1OC. The molecule has 3 aromatic carbocycles. The van der Waals surface area contributed by atoms with Crippen molar-refractivity contribution in [1.82, 2.24) is 0 Å². The number of nitrogens with zero attached hydrogens (tertiary/aromatic N) is 1. The second-order valence-corrected chi connectivity index (χ2v) is 6.98. The highest BCUT2D eigenvalue weighted by molar-refractivity contribution is 6.32. The first-order chi connectivity index (χ1) is 15.0. The molecule has 0 heterocycles. The summed E-state index contributed by atoms with van der Waals surface area (Å²) >= 11 is 6.46. The molecular weight excluding hydrogens is 416 g/mol. The molecule has 0 aliphatic heterocycles. The molecule has 7 heteroatoms. The third-order valence-corrected chi connectivity index (χ3v) is 5.11. The van der Waals surface area contributed by atoms with Crippen molar-refractivity contribution in [3.05, 3.63) is 82.4 Å². The zero-order valence-corrected chi connectivity index (χ0v) is 18.1. The molecule has 1 N–H and O–H groups in total. The Morgan fingerprint density at radius 1 is 0.935 bits per heavy atom. The lowest BCUT2D eigenvalue weighted by Gasteiger charge is -2.15. The predicted octanol–water partition coefficient (Wildman–Crippen LogP) is 5.27. The molecule has 31 heavy (non-hydrogen) atoms. The Hall–Kier alpha value is -3.69. The van der Waals surface area contributed by atoms with Gasteiger partial charge in [0.15, 0.2) is 11.5 Å². The second-order valence-electron chi connectivity index (χ2n) is 6.57. The van der Waals surface area contributed by atoms with Crippen molar-refractivity contribution < 1.29 is 19.0 Å². The minimum Gasteiger partial charge on any atom is -0.496 e. The Morgan fingerprint density at radius 3 is 2.16 bits per heavy atom. The molecule has 0 aliphatic carbocycles. The van der Waals surface area contributed by atoms with Crippen LogP contribution in [0.2, 0.25) is 5.02 Å². The van der Waals surface area contributed by atoms with Crippen LogP contribution in [0.4, 0.5) is 5.69 Å². The van der Waals surface area contributed by atoms with E-state index < -0.39 is 11.8 Å². The van der Waals surface area contributed by atoms with E-state index in [0.717, 1.165) is 5.56 Å². The van der Waals surface area contributed by atoms with Gasteiger partial charge in [-0.15, -0.1) is 0 Å². The molecule has 0 saturated carbocycles. The Morgan fingerprint density at radius 2 is 1.58 bits per heavy atom. The molecule has 1 unspecified atom stereocenters. The summed E-state index contributed by atoms with van der Waals surface area (Å²) in [5, 5.41) is 12.8. The fourth-order valence-corrected chi connectivity index (χ4v) is 3.50. The maximum atomic E-state index is 12.9. The molecule has 0 aromatic heterocycles. The number of hydrogen-bond acceptors (Lipinski definition) is 5. The van der Waals surface area contributed by atoms with Crippen molar-refractivity contribution in [3.63, 3.8) is 0 Å². The molecule has 3 aromatic rings. The Kier molecular flexibility index (Phi) is 7.01. The molecule has 0 saturated heterocycles. The lowest BCUT2D eigenvalue weighted by molar-refractivity contribution is 0.102. The van der Waals surface area contributed by atoms with Crippen molar-refractivity contribution in [2.45, 2.75) is 5.92 Å². The Bertz CT molecular complexity index is 1130. The van der Waals surface area contributed by atoms with Gasteiger partial charge in [0.05, 0.1) is 38.9 Å². The average Bonchev–Trinajstić information content (AvgIpc) is 2.80. The van der Waals surface area contributed by atoms with Gasteiger partial charge in [-0.05, 0) is 23.3 Å². The van der Waals surface area contributed by atoms with Crippen LogP contribution in [0, 0.1) is 11.3 Å². The molecule has 1 amide bonds. The predicted molar refractivity (Wildman–Crippen MR) is 119 cm³/mol. The van der Waals surface area contributed by atoms with Crippen molar-refractivity contribution in [2.24, 2.45) is 0 Å². The van der Waals surface area contributed by atoms with Gasteiger partial charge in [-0.25, -0.2) is 0 Å². The first-order valence-corrected chi connectivity index (χ1v) is 9.75. The highest BCUT2D eigenvalue weighted by Gasteiger charge is 2.20. The van der Waals surface area contributed by atoms with Gasteiger partial charge in [-0.2, -0.15) is 5.26 Å². The van der Waals surface area contributed by atoms with Crippen LogP contribution in [0.1, 0.15) is 27.4 Å². The van der Waals surface area contributed by atoms with Gasteiger partial charge in [-0.3, -0.25) is 4.79 Å². The molecular formula is C24H21ClN2O4. The van der Waals surface area contributed by atoms with Crippen LogP contribution in [0.25, 0.3) is 0 Å². The molecule has 0 aliphatic rings. The van der Waals surface area contributed by atoms with Crippen LogP contribution in [-0.4, -0.2) is 27.2 Å². The highest BCUT2D eigenvalue weighted by Crippen LogP contribution is 2.36. The number of anilines is 1. The van der Waals surface area contributed by atoms with E-state index in [1.165, 1.54) is 21.3 Å². The summed E-state index contributed by atoms with van der Waals surface area (Å²) < 4.78 is 15.9. The van der Waals surface area contributed by atoms with Crippen LogP contribution in [0.3, 0.4) is 0 Å². The van der Waals surface area contributed by atoms with Gasteiger partial charge in [0.25, 0.3) is 5.91 Å². The number of carbonyl (C=O) groups excluding carboxylic acids is 1. The lowest BCUT2D eigenvalue weighted by atomic mass is 9.92. The third-order valence-electron chi connectivity index (χ3n) is 4.78. The molecule has 0 fully saturated rings. The minimum absolute atomic E-state index is 0.277. The van der Waals surface area contributed by atoms with Gasteiger partial charge in [0.1, 0.15) is 5.75 Å². The number of nitriles is 1. The number of amides is 1. The number of halogens is 1. The van der Waals surface area contributed by atoms with Gasteiger partial charge in [-0.1, -0.05) is 48.0 Å². The van der Waals surface area contributed by atoms with E-state index in [-0.39, 0.29) is 5.56 Å². The standard InChI is InChI=1S/C24H21ClN2O4/c1-29-21-13-23(31-3)22(30-2)12-18(21)24(28)27-16-9-10-17(20(25)11-16)19(14-26)15-7-5-4-6-8-15/h4-13,19H,1-3H3,(H,27,28). The zero-order valence-electron chi connectivity index (χ0n) is 17.3. The van der Waals surface area contributed by atoms with E-state index in [1.54, 1.807) is 30.3 Å². The molecule has 0 bridgehead atoms. The summed E-state index contributed by atoms with van der Waals surface area (Å²) in [5.41, 5.74) is 2.27. The number of rotatable bonds is 7. The van der Waals surface area contributed by atoms with E-state index in [1.807, 2.05) is 30.3 Å². The van der Waals surface area contributed by atoms with Crippen LogP contribution >= 0.6 is 11.6 Å². The van der Waals surface area contributed by atoms with Crippen LogP contribution in [-0.2, 0) is 0 Å². The van der Waals surface area contributed by atoms with Gasteiger partial charge in [0.2, 0.25) is 0 Å². The second kappa shape index (κ2) is 9.88. The van der Waals surface area contributed by atoms with Crippen molar-refractivity contribution in [3.8, 4) is 23.3 Å². The highest BCUT2D eigenvalue weighted by atomic mass is 35.5. The number of benzene rings is 3. The van der Waals surface area contributed by atoms with E-state index in [4.69, 9.17) is 25.8 Å². The molecule has 158 valence electrons. The summed E-state index contributed by atoms with van der Waals surface area (Å²) in [7, 11) is 4.46. The number of methoxy groups -OCH3 is 3. The molecule has 3 rings (SSSR count). The quantitative estimate of drug-likeness (QED) is 0.545. The maximum absolute atomic E-state index is 12.9. The zero-order chi connectivity index (χ0) is 22.4. The lowest BCUT2D eigenvalue weighted by Crippen LogP contribution is -2.14. The van der Waals surface area contributed by atoms with Gasteiger partial charge in [0, 0.05) is 22.8 Å². The summed E-state index contributed by atoms with van der Waals surface area (Å²) in [4.78, 5) is 12.9. The average molecular weight is 437 g/mol.